The molecule has 3 nitrogen and oxygen atoms in total. The molecule has 0 bridgehead atoms. The van der Waals surface area contributed by atoms with Crippen LogP contribution in [0.15, 0.2) is 16.8 Å². The molecule has 0 aromatic carbocycles. The molecule has 1 aromatic rings. The Morgan fingerprint density at radius 3 is 3.00 bits per heavy atom. The van der Waals surface area contributed by atoms with Crippen molar-refractivity contribution in [3.8, 4) is 0 Å². The number of amides is 1. The highest BCUT2D eigenvalue weighted by Gasteiger charge is 2.11. The molecule has 0 aliphatic heterocycles. The number of carbonyl (C=O) groups excluding carboxylic acids is 1. The molecule has 84 valence electrons. The van der Waals surface area contributed by atoms with E-state index in [0.29, 0.717) is 0 Å². The summed E-state index contributed by atoms with van der Waals surface area (Å²) in [6, 6.07) is 1.80. The van der Waals surface area contributed by atoms with Gasteiger partial charge in [0.05, 0.1) is 0 Å². The summed E-state index contributed by atoms with van der Waals surface area (Å²) in [5, 5.41) is 10.0. The van der Waals surface area contributed by atoms with Gasteiger partial charge >= 0.3 is 0 Å². The van der Waals surface area contributed by atoms with Crippen molar-refractivity contribution >= 4 is 22.9 Å². The quantitative estimate of drug-likeness (QED) is 0.732. The largest absolute Gasteiger partial charge is 0.373 e. The highest BCUT2D eigenvalue weighted by molar-refractivity contribution is 7.08. The smallest absolute Gasteiger partial charge is 0.242 e. The molecule has 2 N–H and O–H groups in total. The molecule has 4 heteroatoms. The fraction of sp³-hybridized carbons (Fsp3) is 0.545. The Hall–Kier alpha value is -1.03. The number of hydrogen-bond donors (Lipinski definition) is 2. The zero-order chi connectivity index (χ0) is 11.1. The van der Waals surface area contributed by atoms with Gasteiger partial charge in [0, 0.05) is 17.6 Å². The average molecular weight is 226 g/mol. The van der Waals surface area contributed by atoms with E-state index in [4.69, 9.17) is 0 Å². The highest BCUT2D eigenvalue weighted by atomic mass is 32.1. The third-order valence-electron chi connectivity index (χ3n) is 2.13. The number of carbonyl (C=O) groups is 1. The minimum Gasteiger partial charge on any atom is -0.373 e. The highest BCUT2D eigenvalue weighted by Crippen LogP contribution is 2.12. The number of rotatable bonds is 6. The molecule has 0 aliphatic carbocycles. The lowest BCUT2D eigenvalue weighted by atomic mass is 10.3. The van der Waals surface area contributed by atoms with E-state index in [1.807, 2.05) is 23.8 Å². The van der Waals surface area contributed by atoms with Gasteiger partial charge in [0.25, 0.3) is 0 Å². The number of anilines is 1. The van der Waals surface area contributed by atoms with Crippen molar-refractivity contribution in [3.63, 3.8) is 0 Å². The van der Waals surface area contributed by atoms with E-state index < -0.39 is 0 Å². The van der Waals surface area contributed by atoms with Gasteiger partial charge in [0.15, 0.2) is 0 Å². The van der Waals surface area contributed by atoms with E-state index >= 15 is 0 Å². The van der Waals surface area contributed by atoms with E-state index in [-0.39, 0.29) is 11.9 Å². The Kier molecular flexibility index (Phi) is 5.18. The first-order chi connectivity index (χ1) is 7.24. The Bertz CT molecular complexity index is 285. The maximum Gasteiger partial charge on any atom is 0.242 e. The van der Waals surface area contributed by atoms with Crippen LogP contribution in [0.4, 0.5) is 5.69 Å². The van der Waals surface area contributed by atoms with Crippen molar-refractivity contribution in [1.29, 1.82) is 0 Å². The summed E-state index contributed by atoms with van der Waals surface area (Å²) >= 11 is 1.62. The molecule has 0 radical (unpaired) electrons. The molecule has 0 spiro atoms. The van der Waals surface area contributed by atoms with Crippen LogP contribution in [-0.2, 0) is 4.79 Å². The van der Waals surface area contributed by atoms with Gasteiger partial charge in [-0.3, -0.25) is 4.79 Å². The lowest BCUT2D eigenvalue weighted by Gasteiger charge is -2.13. The third-order valence-corrected chi connectivity index (χ3v) is 2.81. The van der Waals surface area contributed by atoms with Crippen molar-refractivity contribution in [1.82, 2.24) is 5.32 Å². The van der Waals surface area contributed by atoms with Crippen molar-refractivity contribution in [3.05, 3.63) is 16.8 Å². The summed E-state index contributed by atoms with van der Waals surface area (Å²) in [5.74, 6) is 0.0645. The van der Waals surface area contributed by atoms with Gasteiger partial charge in [-0.1, -0.05) is 13.3 Å². The zero-order valence-electron chi connectivity index (χ0n) is 9.25. The van der Waals surface area contributed by atoms with Gasteiger partial charge in [-0.25, -0.2) is 0 Å². The molecule has 1 unspecified atom stereocenters. The van der Waals surface area contributed by atoms with Crippen LogP contribution in [-0.4, -0.2) is 18.5 Å². The minimum atomic E-state index is -0.170. The SMILES string of the molecule is CCCCNC(=O)C(C)Nc1ccsc1. The lowest BCUT2D eigenvalue weighted by Crippen LogP contribution is -2.37. The van der Waals surface area contributed by atoms with E-state index in [2.05, 4.69) is 17.6 Å². The van der Waals surface area contributed by atoms with Crippen molar-refractivity contribution in [2.24, 2.45) is 0 Å². The van der Waals surface area contributed by atoms with Crippen LogP contribution in [0.2, 0.25) is 0 Å². The van der Waals surface area contributed by atoms with Gasteiger partial charge in [-0.05, 0) is 24.8 Å². The van der Waals surface area contributed by atoms with Crippen LogP contribution in [0.1, 0.15) is 26.7 Å². The topological polar surface area (TPSA) is 41.1 Å². The van der Waals surface area contributed by atoms with Crippen molar-refractivity contribution in [2.75, 3.05) is 11.9 Å². The second-order valence-electron chi connectivity index (χ2n) is 3.52. The average Bonchev–Trinajstić information content (AvgIpc) is 2.70. The molecular weight excluding hydrogens is 208 g/mol. The molecule has 1 heterocycles. The summed E-state index contributed by atoms with van der Waals surface area (Å²) in [6.45, 7) is 4.75. The molecule has 1 rings (SSSR count). The molecule has 1 atom stereocenters. The van der Waals surface area contributed by atoms with Gasteiger partial charge in [0.2, 0.25) is 5.91 Å². The number of nitrogens with one attached hydrogen (secondary N) is 2. The van der Waals surface area contributed by atoms with Gasteiger partial charge in [-0.2, -0.15) is 11.3 Å². The van der Waals surface area contributed by atoms with E-state index in [9.17, 15) is 4.79 Å². The van der Waals surface area contributed by atoms with Gasteiger partial charge in [-0.15, -0.1) is 0 Å². The number of hydrogen-bond acceptors (Lipinski definition) is 3. The van der Waals surface area contributed by atoms with Crippen LogP contribution >= 0.6 is 11.3 Å². The maximum absolute atomic E-state index is 11.6. The first kappa shape index (κ1) is 12.0. The first-order valence-electron chi connectivity index (χ1n) is 5.30. The summed E-state index contributed by atoms with van der Waals surface area (Å²) in [6.07, 6.45) is 2.14. The van der Waals surface area contributed by atoms with Gasteiger partial charge < -0.3 is 10.6 Å². The van der Waals surface area contributed by atoms with Crippen LogP contribution in [0.5, 0.6) is 0 Å². The van der Waals surface area contributed by atoms with Gasteiger partial charge in [0.1, 0.15) is 6.04 Å². The zero-order valence-corrected chi connectivity index (χ0v) is 10.1. The van der Waals surface area contributed by atoms with Crippen molar-refractivity contribution in [2.45, 2.75) is 32.7 Å². The molecule has 0 fully saturated rings. The Morgan fingerprint density at radius 2 is 2.40 bits per heavy atom. The summed E-state index contributed by atoms with van der Waals surface area (Å²) in [4.78, 5) is 11.6. The van der Waals surface area contributed by atoms with Crippen LogP contribution in [0.25, 0.3) is 0 Å². The van der Waals surface area contributed by atoms with Crippen molar-refractivity contribution < 1.29 is 4.79 Å². The molecule has 15 heavy (non-hydrogen) atoms. The van der Waals surface area contributed by atoms with Crippen LogP contribution in [0.3, 0.4) is 0 Å². The van der Waals surface area contributed by atoms with Crippen LogP contribution in [0, 0.1) is 0 Å². The fourth-order valence-corrected chi connectivity index (χ4v) is 1.80. The molecule has 0 saturated heterocycles. The van der Waals surface area contributed by atoms with E-state index in [1.54, 1.807) is 11.3 Å². The second-order valence-corrected chi connectivity index (χ2v) is 4.30. The normalized spacial score (nSPS) is 12.1. The second kappa shape index (κ2) is 6.45. The summed E-state index contributed by atoms with van der Waals surface area (Å²) in [5.41, 5.74) is 1.01. The Balaban J connectivity index is 2.27. The molecule has 1 amide bonds. The van der Waals surface area contributed by atoms with Crippen LogP contribution < -0.4 is 10.6 Å². The number of unbranched alkanes of at least 4 members (excludes halogenated alkanes) is 1. The molecular formula is C11H18N2OS. The minimum absolute atomic E-state index is 0.0645. The predicted molar refractivity (Wildman–Crippen MR) is 65.3 cm³/mol. The molecule has 0 aliphatic rings. The Labute approximate surface area is 94.9 Å². The van der Waals surface area contributed by atoms with E-state index in [0.717, 1.165) is 25.1 Å². The first-order valence-corrected chi connectivity index (χ1v) is 6.24. The number of thiophene rings is 1. The third kappa shape index (κ3) is 4.34. The Morgan fingerprint density at radius 1 is 1.60 bits per heavy atom. The lowest BCUT2D eigenvalue weighted by molar-refractivity contribution is -0.121. The predicted octanol–water partition coefficient (Wildman–Crippen LogP) is 2.46. The fourth-order valence-electron chi connectivity index (χ4n) is 1.20. The summed E-state index contributed by atoms with van der Waals surface area (Å²) < 4.78 is 0. The summed E-state index contributed by atoms with van der Waals surface area (Å²) in [7, 11) is 0. The standard InChI is InChI=1S/C11H18N2OS/c1-3-4-6-12-11(14)9(2)13-10-5-7-15-8-10/h5,7-9,13H,3-4,6H2,1-2H3,(H,12,14). The molecule has 0 saturated carbocycles. The monoisotopic (exact) mass is 226 g/mol. The maximum atomic E-state index is 11.6. The molecule has 1 aromatic heterocycles. The van der Waals surface area contributed by atoms with E-state index in [1.165, 1.54) is 0 Å².